The van der Waals surface area contributed by atoms with Gasteiger partial charge in [-0.15, -0.1) is 11.3 Å². The molecule has 0 amide bonds. The lowest BCUT2D eigenvalue weighted by atomic mass is 9.92. The van der Waals surface area contributed by atoms with Gasteiger partial charge < -0.3 is 0 Å². The van der Waals surface area contributed by atoms with Gasteiger partial charge in [0.05, 0.1) is 20.9 Å². The van der Waals surface area contributed by atoms with E-state index in [1.165, 1.54) is 15.8 Å². The lowest BCUT2D eigenvalue weighted by molar-refractivity contribution is 0.773. The summed E-state index contributed by atoms with van der Waals surface area (Å²) in [5.41, 5.74) is 5.80. The molecular weight excluding hydrogens is 352 g/mol. The van der Waals surface area contributed by atoms with Crippen LogP contribution in [0, 0.1) is 6.92 Å². The molecule has 0 aliphatic carbocycles. The van der Waals surface area contributed by atoms with Crippen LogP contribution in [0.3, 0.4) is 0 Å². The van der Waals surface area contributed by atoms with Gasteiger partial charge >= 0.3 is 0 Å². The Hall–Kier alpha value is -2.53. The van der Waals surface area contributed by atoms with E-state index in [1.54, 1.807) is 17.7 Å². The molecule has 0 saturated heterocycles. The highest BCUT2D eigenvalue weighted by Crippen LogP contribution is 2.34. The average molecular weight is 377 g/mol. The number of aromatic nitrogens is 4. The van der Waals surface area contributed by atoms with E-state index in [1.807, 2.05) is 11.6 Å². The third-order valence-corrected chi connectivity index (χ3v) is 5.81. The summed E-state index contributed by atoms with van der Waals surface area (Å²) in [5, 5.41) is 5.70. The molecule has 0 radical (unpaired) electrons. The molecule has 5 heteroatoms. The van der Waals surface area contributed by atoms with Crippen LogP contribution in [0.2, 0.25) is 0 Å². The summed E-state index contributed by atoms with van der Waals surface area (Å²) in [7, 11) is 0. The van der Waals surface area contributed by atoms with Gasteiger partial charge in [0.2, 0.25) is 0 Å². The average Bonchev–Trinajstić information content (AvgIpc) is 3.25. The second-order valence-corrected chi connectivity index (χ2v) is 8.74. The molecule has 0 unspecified atom stereocenters. The maximum atomic E-state index is 4.64. The molecular formula is C22H24N4S. The maximum Gasteiger partial charge on any atom is 0.163 e. The highest BCUT2D eigenvalue weighted by molar-refractivity contribution is 7.18. The number of hydrogen-bond donors (Lipinski definition) is 0. The lowest BCUT2D eigenvalue weighted by Crippen LogP contribution is -2.09. The van der Waals surface area contributed by atoms with Crippen LogP contribution >= 0.6 is 11.3 Å². The molecule has 4 nitrogen and oxygen atoms in total. The fourth-order valence-corrected chi connectivity index (χ4v) is 4.35. The number of hydrogen-bond acceptors (Lipinski definition) is 4. The molecule has 4 rings (SSSR count). The largest absolute Gasteiger partial charge is 0.241 e. The second kappa shape index (κ2) is 6.89. The number of fused-ring (bicyclic) bond motifs is 1. The molecule has 4 aromatic rings. The number of thiazole rings is 1. The van der Waals surface area contributed by atoms with Crippen molar-refractivity contribution in [2.45, 2.75) is 46.5 Å². The van der Waals surface area contributed by atoms with Crippen molar-refractivity contribution in [3.63, 3.8) is 0 Å². The first-order valence-corrected chi connectivity index (χ1v) is 10.2. The Bertz CT molecular complexity index is 1080. The quantitative estimate of drug-likeness (QED) is 0.432. The van der Waals surface area contributed by atoms with E-state index in [2.05, 4.69) is 79.2 Å². The standard InChI is InChI=1S/C22H24N4S/c1-13(2)17-7-6-8-18(14(3)4)21(17)26-22(23-12-24-26)16-9-10-20-19(11-16)25-15(5)27-20/h6-14H,1-5H3. The third kappa shape index (κ3) is 3.16. The third-order valence-electron chi connectivity index (χ3n) is 4.85. The van der Waals surface area contributed by atoms with E-state index >= 15 is 0 Å². The van der Waals surface area contributed by atoms with Crippen molar-refractivity contribution < 1.29 is 0 Å². The maximum absolute atomic E-state index is 4.64. The van der Waals surface area contributed by atoms with Crippen LogP contribution in [0.15, 0.2) is 42.7 Å². The summed E-state index contributed by atoms with van der Waals surface area (Å²) in [4.78, 5) is 9.24. The predicted octanol–water partition coefficient (Wildman–Crippen LogP) is 6.10. The summed E-state index contributed by atoms with van der Waals surface area (Å²) in [6.45, 7) is 10.9. The van der Waals surface area contributed by atoms with E-state index in [0.717, 1.165) is 27.6 Å². The number of benzene rings is 2. The molecule has 0 N–H and O–H groups in total. The number of aryl methyl sites for hydroxylation is 1. The Balaban J connectivity index is 1.94. The molecule has 0 spiro atoms. The Morgan fingerprint density at radius 3 is 2.33 bits per heavy atom. The van der Waals surface area contributed by atoms with E-state index in [9.17, 15) is 0 Å². The van der Waals surface area contributed by atoms with Gasteiger partial charge in [0.1, 0.15) is 6.33 Å². The Morgan fingerprint density at radius 2 is 1.67 bits per heavy atom. The van der Waals surface area contributed by atoms with Gasteiger partial charge in [0, 0.05) is 5.56 Å². The van der Waals surface area contributed by atoms with Crippen LogP contribution in [0.4, 0.5) is 0 Å². The van der Waals surface area contributed by atoms with Gasteiger partial charge in [-0.05, 0) is 48.1 Å². The Morgan fingerprint density at radius 1 is 0.963 bits per heavy atom. The van der Waals surface area contributed by atoms with Gasteiger partial charge in [-0.25, -0.2) is 14.6 Å². The second-order valence-electron chi connectivity index (χ2n) is 7.51. The van der Waals surface area contributed by atoms with Crippen LogP contribution in [0.5, 0.6) is 0 Å². The lowest BCUT2D eigenvalue weighted by Gasteiger charge is -2.20. The summed E-state index contributed by atoms with van der Waals surface area (Å²) < 4.78 is 3.21. The molecule has 0 bridgehead atoms. The normalized spacial score (nSPS) is 11.8. The van der Waals surface area contributed by atoms with Crippen molar-refractivity contribution in [2.24, 2.45) is 0 Å². The summed E-state index contributed by atoms with van der Waals surface area (Å²) in [5.74, 6) is 1.66. The summed E-state index contributed by atoms with van der Waals surface area (Å²) in [6, 6.07) is 12.9. The predicted molar refractivity (Wildman–Crippen MR) is 113 cm³/mol. The van der Waals surface area contributed by atoms with E-state index in [4.69, 9.17) is 0 Å². The van der Waals surface area contributed by atoms with Crippen molar-refractivity contribution in [3.05, 3.63) is 58.9 Å². The fourth-order valence-electron chi connectivity index (χ4n) is 3.54. The summed E-state index contributed by atoms with van der Waals surface area (Å²) in [6.07, 6.45) is 1.65. The van der Waals surface area contributed by atoms with E-state index in [0.29, 0.717) is 11.8 Å². The van der Waals surface area contributed by atoms with Gasteiger partial charge in [-0.3, -0.25) is 0 Å². The molecule has 0 atom stereocenters. The van der Waals surface area contributed by atoms with Crippen molar-refractivity contribution >= 4 is 21.6 Å². The minimum absolute atomic E-state index is 0.402. The van der Waals surface area contributed by atoms with Crippen molar-refractivity contribution in [2.75, 3.05) is 0 Å². The van der Waals surface area contributed by atoms with Crippen molar-refractivity contribution in [1.29, 1.82) is 0 Å². The minimum Gasteiger partial charge on any atom is -0.241 e. The van der Waals surface area contributed by atoms with Crippen LogP contribution in [0.1, 0.15) is 55.7 Å². The Kier molecular flexibility index (Phi) is 4.56. The molecule has 0 saturated carbocycles. The monoisotopic (exact) mass is 376 g/mol. The highest BCUT2D eigenvalue weighted by Gasteiger charge is 2.20. The van der Waals surface area contributed by atoms with Crippen molar-refractivity contribution in [1.82, 2.24) is 19.7 Å². The van der Waals surface area contributed by atoms with Crippen LogP contribution in [0.25, 0.3) is 27.3 Å². The van der Waals surface area contributed by atoms with Gasteiger partial charge in [0.15, 0.2) is 5.82 Å². The SMILES string of the molecule is Cc1nc2cc(-c3ncnn3-c3c(C(C)C)cccc3C(C)C)ccc2s1. The molecule has 2 aromatic carbocycles. The molecule has 2 heterocycles. The minimum atomic E-state index is 0.402. The fraction of sp³-hybridized carbons (Fsp3) is 0.318. The van der Waals surface area contributed by atoms with Crippen LogP contribution < -0.4 is 0 Å². The Labute approximate surface area is 163 Å². The number of rotatable bonds is 4. The molecule has 27 heavy (non-hydrogen) atoms. The van der Waals surface area contributed by atoms with Gasteiger partial charge in [-0.1, -0.05) is 45.9 Å². The van der Waals surface area contributed by atoms with E-state index in [-0.39, 0.29) is 0 Å². The zero-order valence-electron chi connectivity index (χ0n) is 16.4. The van der Waals surface area contributed by atoms with Crippen LogP contribution in [-0.2, 0) is 0 Å². The number of para-hydroxylation sites is 1. The number of nitrogens with zero attached hydrogens (tertiary/aromatic N) is 4. The molecule has 0 aliphatic heterocycles. The van der Waals surface area contributed by atoms with Crippen LogP contribution in [-0.4, -0.2) is 19.7 Å². The molecule has 138 valence electrons. The zero-order chi connectivity index (χ0) is 19.1. The first kappa shape index (κ1) is 17.9. The van der Waals surface area contributed by atoms with Gasteiger partial charge in [-0.2, -0.15) is 5.10 Å². The zero-order valence-corrected chi connectivity index (χ0v) is 17.2. The van der Waals surface area contributed by atoms with Gasteiger partial charge in [0.25, 0.3) is 0 Å². The topological polar surface area (TPSA) is 43.6 Å². The van der Waals surface area contributed by atoms with Crippen molar-refractivity contribution in [3.8, 4) is 17.1 Å². The molecule has 0 aliphatic rings. The molecule has 2 aromatic heterocycles. The summed E-state index contributed by atoms with van der Waals surface area (Å²) >= 11 is 1.72. The first-order valence-electron chi connectivity index (χ1n) is 9.36. The molecule has 0 fully saturated rings. The smallest absolute Gasteiger partial charge is 0.163 e. The van der Waals surface area contributed by atoms with E-state index < -0.39 is 0 Å². The highest BCUT2D eigenvalue weighted by atomic mass is 32.1. The first-order chi connectivity index (χ1) is 13.0.